The molecule has 3 rings (SSSR count). The monoisotopic (exact) mass is 323 g/mol. The quantitative estimate of drug-likeness (QED) is 0.783. The molecule has 0 unspecified atom stereocenters. The van der Waals surface area contributed by atoms with Crippen molar-refractivity contribution in [3.05, 3.63) is 70.3 Å². The minimum absolute atomic E-state index is 0.0162. The van der Waals surface area contributed by atoms with Crippen LogP contribution in [0.15, 0.2) is 53.5 Å². The Morgan fingerprint density at radius 3 is 2.87 bits per heavy atom. The van der Waals surface area contributed by atoms with Gasteiger partial charge in [-0.25, -0.2) is 0 Å². The average molecular weight is 323 g/mol. The van der Waals surface area contributed by atoms with E-state index in [-0.39, 0.29) is 5.91 Å². The normalized spacial score (nSPS) is 10.5. The highest BCUT2D eigenvalue weighted by Crippen LogP contribution is 2.22. The molecule has 0 bridgehead atoms. The van der Waals surface area contributed by atoms with E-state index in [0.29, 0.717) is 13.0 Å². The van der Waals surface area contributed by atoms with Crippen molar-refractivity contribution in [3.8, 4) is 11.3 Å². The fourth-order valence-corrected chi connectivity index (χ4v) is 3.03. The van der Waals surface area contributed by atoms with E-state index in [4.69, 9.17) is 0 Å². The van der Waals surface area contributed by atoms with Crippen LogP contribution >= 0.6 is 11.3 Å². The second-order valence-corrected chi connectivity index (χ2v) is 6.09. The Hall–Kier alpha value is -2.53. The molecular formula is C18H17N3OS. The van der Waals surface area contributed by atoms with Crippen LogP contribution in [-0.2, 0) is 17.8 Å². The van der Waals surface area contributed by atoms with E-state index < -0.39 is 0 Å². The van der Waals surface area contributed by atoms with E-state index >= 15 is 0 Å². The van der Waals surface area contributed by atoms with Crippen molar-refractivity contribution in [2.24, 2.45) is 0 Å². The van der Waals surface area contributed by atoms with Crippen LogP contribution in [0.5, 0.6) is 0 Å². The molecule has 0 fully saturated rings. The molecule has 1 amide bonds. The zero-order valence-corrected chi connectivity index (χ0v) is 13.6. The fourth-order valence-electron chi connectivity index (χ4n) is 2.39. The van der Waals surface area contributed by atoms with E-state index in [2.05, 4.69) is 15.3 Å². The van der Waals surface area contributed by atoms with E-state index in [1.807, 2.05) is 48.0 Å². The van der Waals surface area contributed by atoms with Crippen molar-refractivity contribution in [1.29, 1.82) is 0 Å². The first-order chi connectivity index (χ1) is 11.2. The van der Waals surface area contributed by atoms with E-state index in [1.165, 1.54) is 0 Å². The minimum atomic E-state index is -0.0162. The van der Waals surface area contributed by atoms with Gasteiger partial charge in [0, 0.05) is 23.3 Å². The molecule has 4 nitrogen and oxygen atoms in total. The highest BCUT2D eigenvalue weighted by molar-refractivity contribution is 7.08. The molecule has 5 heteroatoms. The molecule has 0 saturated heterocycles. The van der Waals surface area contributed by atoms with Gasteiger partial charge in [-0.15, -0.1) is 0 Å². The Morgan fingerprint density at radius 2 is 2.09 bits per heavy atom. The molecule has 0 spiro atoms. The summed E-state index contributed by atoms with van der Waals surface area (Å²) in [6.07, 6.45) is 3.69. The number of carbonyl (C=O) groups excluding carboxylic acids is 1. The average Bonchev–Trinajstić information content (AvgIpc) is 3.07. The molecule has 2 aromatic heterocycles. The van der Waals surface area contributed by atoms with Crippen molar-refractivity contribution in [3.63, 3.8) is 0 Å². The first-order valence-electron chi connectivity index (χ1n) is 7.37. The smallest absolute Gasteiger partial charge is 0.224 e. The third-order valence-corrected chi connectivity index (χ3v) is 4.15. The number of benzene rings is 1. The molecule has 2 heterocycles. The van der Waals surface area contributed by atoms with E-state index in [0.717, 1.165) is 28.1 Å². The number of hydrogen-bond donors (Lipinski definition) is 1. The third kappa shape index (κ3) is 4.02. The Labute approximate surface area is 139 Å². The summed E-state index contributed by atoms with van der Waals surface area (Å²) < 4.78 is 0. The molecule has 0 aliphatic heterocycles. The number of carbonyl (C=O) groups is 1. The topological polar surface area (TPSA) is 54.9 Å². The number of rotatable bonds is 5. The molecule has 0 atom stereocenters. The van der Waals surface area contributed by atoms with Gasteiger partial charge in [0.05, 0.1) is 24.4 Å². The summed E-state index contributed by atoms with van der Waals surface area (Å²) in [6.45, 7) is 2.40. The van der Waals surface area contributed by atoms with Crippen LogP contribution in [0.3, 0.4) is 0 Å². The Morgan fingerprint density at radius 1 is 1.22 bits per heavy atom. The molecule has 0 radical (unpaired) electrons. The summed E-state index contributed by atoms with van der Waals surface area (Å²) in [5.74, 6) is -0.0162. The van der Waals surface area contributed by atoms with Gasteiger partial charge in [-0.3, -0.25) is 14.8 Å². The van der Waals surface area contributed by atoms with Crippen LogP contribution in [0.2, 0.25) is 0 Å². The highest BCUT2D eigenvalue weighted by atomic mass is 32.1. The summed E-state index contributed by atoms with van der Waals surface area (Å²) in [5, 5.41) is 6.97. The van der Waals surface area contributed by atoms with Crippen LogP contribution in [0.25, 0.3) is 11.3 Å². The molecule has 23 heavy (non-hydrogen) atoms. The second-order valence-electron chi connectivity index (χ2n) is 5.31. The number of amides is 1. The van der Waals surface area contributed by atoms with Crippen molar-refractivity contribution in [2.75, 3.05) is 0 Å². The lowest BCUT2D eigenvalue weighted by atomic mass is 10.1. The van der Waals surface area contributed by atoms with Crippen LogP contribution in [0, 0.1) is 6.92 Å². The van der Waals surface area contributed by atoms with Crippen LogP contribution < -0.4 is 5.32 Å². The lowest BCUT2D eigenvalue weighted by molar-refractivity contribution is -0.120. The summed E-state index contributed by atoms with van der Waals surface area (Å²) >= 11 is 1.62. The molecule has 0 aliphatic carbocycles. The van der Waals surface area contributed by atoms with Gasteiger partial charge in [0.15, 0.2) is 0 Å². The second kappa shape index (κ2) is 7.15. The predicted molar refractivity (Wildman–Crippen MR) is 92.1 cm³/mol. The number of thiophene rings is 1. The van der Waals surface area contributed by atoms with E-state index in [9.17, 15) is 4.79 Å². The first kappa shape index (κ1) is 15.4. The highest BCUT2D eigenvalue weighted by Gasteiger charge is 2.10. The minimum Gasteiger partial charge on any atom is -0.350 e. The summed E-state index contributed by atoms with van der Waals surface area (Å²) in [7, 11) is 0. The van der Waals surface area contributed by atoms with Crippen LogP contribution in [0.4, 0.5) is 0 Å². The largest absolute Gasteiger partial charge is 0.350 e. The van der Waals surface area contributed by atoms with Crippen LogP contribution in [-0.4, -0.2) is 15.9 Å². The van der Waals surface area contributed by atoms with Crippen molar-refractivity contribution >= 4 is 17.2 Å². The molecule has 0 aliphatic rings. The van der Waals surface area contributed by atoms with E-state index in [1.54, 1.807) is 23.7 Å². The maximum Gasteiger partial charge on any atom is 0.224 e. The van der Waals surface area contributed by atoms with Crippen molar-refractivity contribution in [2.45, 2.75) is 19.9 Å². The van der Waals surface area contributed by atoms with Gasteiger partial charge in [-0.05, 0) is 23.9 Å². The first-order valence-corrected chi connectivity index (χ1v) is 8.31. The molecule has 1 N–H and O–H groups in total. The zero-order chi connectivity index (χ0) is 16.1. The zero-order valence-electron chi connectivity index (χ0n) is 12.8. The number of aromatic nitrogens is 2. The molecule has 3 aromatic rings. The Kier molecular flexibility index (Phi) is 4.78. The Balaban J connectivity index is 1.66. The summed E-state index contributed by atoms with van der Waals surface area (Å²) in [5.41, 5.74) is 4.81. The Bertz CT molecular complexity index is 800. The maximum absolute atomic E-state index is 12.1. The standard InChI is InChI=1S/C18H17N3OS/c1-13-3-2-4-14(9-13)10-17(22)21-11-16-18(20-7-6-19-16)15-5-8-23-12-15/h2-9,12H,10-11H2,1H3,(H,21,22). The van der Waals surface area contributed by atoms with Crippen molar-refractivity contribution < 1.29 is 4.79 Å². The lowest BCUT2D eigenvalue weighted by Crippen LogP contribution is -2.25. The molecular weight excluding hydrogens is 306 g/mol. The van der Waals surface area contributed by atoms with Gasteiger partial charge in [-0.2, -0.15) is 11.3 Å². The third-order valence-electron chi connectivity index (χ3n) is 3.47. The van der Waals surface area contributed by atoms with Crippen LogP contribution in [0.1, 0.15) is 16.8 Å². The van der Waals surface area contributed by atoms with Crippen molar-refractivity contribution in [1.82, 2.24) is 15.3 Å². The lowest BCUT2D eigenvalue weighted by Gasteiger charge is -2.08. The maximum atomic E-state index is 12.1. The van der Waals surface area contributed by atoms with Gasteiger partial charge >= 0.3 is 0 Å². The molecule has 0 saturated carbocycles. The number of nitrogens with one attached hydrogen (secondary N) is 1. The predicted octanol–water partition coefficient (Wildman–Crippen LogP) is 3.37. The molecule has 1 aromatic carbocycles. The SMILES string of the molecule is Cc1cccc(CC(=O)NCc2nccnc2-c2ccsc2)c1. The fraction of sp³-hybridized carbons (Fsp3) is 0.167. The number of nitrogens with zero attached hydrogens (tertiary/aromatic N) is 2. The van der Waals surface area contributed by atoms with Gasteiger partial charge in [0.1, 0.15) is 0 Å². The van der Waals surface area contributed by atoms with Gasteiger partial charge in [-0.1, -0.05) is 29.8 Å². The number of hydrogen-bond acceptors (Lipinski definition) is 4. The number of aryl methyl sites for hydroxylation is 1. The summed E-state index contributed by atoms with van der Waals surface area (Å²) in [6, 6.07) is 9.99. The molecule has 116 valence electrons. The summed E-state index contributed by atoms with van der Waals surface area (Å²) in [4.78, 5) is 20.9. The van der Waals surface area contributed by atoms with Gasteiger partial charge in [0.25, 0.3) is 0 Å². The van der Waals surface area contributed by atoms with Gasteiger partial charge < -0.3 is 5.32 Å². The van der Waals surface area contributed by atoms with Gasteiger partial charge in [0.2, 0.25) is 5.91 Å².